The van der Waals surface area contributed by atoms with Gasteiger partial charge in [-0.15, -0.1) is 45.3 Å². The smallest absolute Gasteiger partial charge is 0.267 e. The highest BCUT2D eigenvalue weighted by Crippen LogP contribution is 2.46. The minimum absolute atomic E-state index is 0.166. The summed E-state index contributed by atoms with van der Waals surface area (Å²) in [6.45, 7) is 8.49. The number of rotatable bonds is 3. The number of benzene rings is 4. The highest BCUT2D eigenvalue weighted by molar-refractivity contribution is 7.42. The third-order valence-corrected chi connectivity index (χ3v) is 12.7. The van der Waals surface area contributed by atoms with E-state index in [1.165, 1.54) is 14.0 Å². The minimum atomic E-state index is -0.207. The van der Waals surface area contributed by atoms with Gasteiger partial charge in [-0.1, -0.05) is 70.2 Å². The van der Waals surface area contributed by atoms with Crippen molar-refractivity contribution >= 4 is 93.7 Å². The first-order chi connectivity index (χ1) is 18.8. The van der Waals surface area contributed by atoms with Gasteiger partial charge in [-0.25, -0.2) is 4.57 Å². The van der Waals surface area contributed by atoms with E-state index in [4.69, 9.17) is 0 Å². The lowest BCUT2D eigenvalue weighted by atomic mass is 9.92. The normalized spacial score (nSPS) is 12.3. The SMILES string of the molecule is CC(C)c1cccc(C(C)C)c1-n1c(=O)c2c3sc4ccccc4sc3c3sc4ccccc4sc3c2c1=O. The summed E-state index contributed by atoms with van der Waals surface area (Å²) >= 11 is 6.68. The minimum Gasteiger partial charge on any atom is -0.268 e. The fourth-order valence-corrected chi connectivity index (χ4v) is 10.7. The van der Waals surface area contributed by atoms with Crippen LogP contribution in [-0.4, -0.2) is 4.57 Å². The van der Waals surface area contributed by atoms with Crippen LogP contribution < -0.4 is 11.1 Å². The molecule has 3 heterocycles. The number of hydrogen-bond donors (Lipinski definition) is 0. The van der Waals surface area contributed by atoms with Gasteiger partial charge in [0, 0.05) is 18.8 Å². The average molecular weight is 584 g/mol. The average Bonchev–Trinajstić information content (AvgIpc) is 3.20. The molecule has 39 heavy (non-hydrogen) atoms. The Balaban J connectivity index is 1.77. The van der Waals surface area contributed by atoms with Gasteiger partial charge in [0.25, 0.3) is 11.1 Å². The van der Waals surface area contributed by atoms with Gasteiger partial charge in [0.2, 0.25) is 0 Å². The Labute approximate surface area is 240 Å². The first kappa shape index (κ1) is 24.9. The first-order valence-electron chi connectivity index (χ1n) is 13.0. The highest BCUT2D eigenvalue weighted by Gasteiger charge is 2.26. The van der Waals surface area contributed by atoms with Crippen LogP contribution in [0.1, 0.15) is 50.7 Å². The van der Waals surface area contributed by atoms with Crippen LogP contribution in [0.5, 0.6) is 0 Å². The summed E-state index contributed by atoms with van der Waals surface area (Å²) in [7, 11) is 0. The first-order valence-corrected chi connectivity index (χ1v) is 16.3. The Morgan fingerprint density at radius 2 is 0.872 bits per heavy atom. The van der Waals surface area contributed by atoms with Crippen molar-refractivity contribution in [1.29, 1.82) is 0 Å². The number of para-hydroxylation sites is 1. The maximum Gasteiger partial charge on any atom is 0.267 e. The Kier molecular flexibility index (Phi) is 5.90. The van der Waals surface area contributed by atoms with Gasteiger partial charge < -0.3 is 0 Å². The molecule has 0 spiro atoms. The molecule has 0 aliphatic rings. The van der Waals surface area contributed by atoms with Crippen LogP contribution in [0.15, 0.2) is 76.3 Å². The fraction of sp³-hybridized carbons (Fsp3) is 0.188. The zero-order valence-corrected chi connectivity index (χ0v) is 25.2. The van der Waals surface area contributed by atoms with E-state index in [-0.39, 0.29) is 23.0 Å². The quantitative estimate of drug-likeness (QED) is 0.153. The Morgan fingerprint density at radius 1 is 0.513 bits per heavy atom. The van der Waals surface area contributed by atoms with Gasteiger partial charge in [-0.3, -0.25) is 9.59 Å². The Hall–Kier alpha value is -3.10. The number of fused-ring (bicyclic) bond motifs is 8. The monoisotopic (exact) mass is 583 g/mol. The molecule has 7 heteroatoms. The molecule has 0 fully saturated rings. The van der Waals surface area contributed by atoms with Crippen LogP contribution in [0, 0.1) is 0 Å². The van der Waals surface area contributed by atoms with Crippen molar-refractivity contribution < 1.29 is 0 Å². The number of nitrogens with zero attached hydrogens (tertiary/aromatic N) is 1. The lowest BCUT2D eigenvalue weighted by Crippen LogP contribution is -2.26. The van der Waals surface area contributed by atoms with Crippen molar-refractivity contribution in [3.8, 4) is 5.69 Å². The topological polar surface area (TPSA) is 39.1 Å². The molecule has 4 aromatic carbocycles. The molecule has 0 radical (unpaired) electrons. The van der Waals surface area contributed by atoms with E-state index in [1.807, 2.05) is 18.2 Å². The van der Waals surface area contributed by atoms with Crippen molar-refractivity contribution in [3.05, 3.63) is 98.6 Å². The molecule has 7 aromatic rings. The molecule has 0 unspecified atom stereocenters. The van der Waals surface area contributed by atoms with E-state index in [1.54, 1.807) is 45.3 Å². The maximum atomic E-state index is 14.5. The third kappa shape index (κ3) is 3.71. The van der Waals surface area contributed by atoms with E-state index >= 15 is 0 Å². The summed E-state index contributed by atoms with van der Waals surface area (Å²) in [5.74, 6) is 0.332. The molecule has 0 atom stereocenters. The summed E-state index contributed by atoms with van der Waals surface area (Å²) in [4.78, 5) is 29.1. The summed E-state index contributed by atoms with van der Waals surface area (Å²) in [5, 5.41) is 1.11. The highest BCUT2D eigenvalue weighted by atomic mass is 32.1. The van der Waals surface area contributed by atoms with Gasteiger partial charge in [-0.2, -0.15) is 0 Å². The van der Waals surface area contributed by atoms with Crippen molar-refractivity contribution in [1.82, 2.24) is 4.57 Å². The van der Waals surface area contributed by atoms with Gasteiger partial charge in [0.05, 0.1) is 35.3 Å². The van der Waals surface area contributed by atoms with Crippen LogP contribution in [0.4, 0.5) is 0 Å². The maximum absolute atomic E-state index is 14.5. The standard InChI is InChI=1S/C32H25NO2S4/c1-16(2)18-10-9-11-19(17(3)4)26(18)33-31(34)24-25(32(33)35)28-30(39-23-15-8-6-13-21(23)37-28)29-27(24)36-20-12-5-7-14-22(20)38-29/h5-17H,1-4H3. The zero-order valence-electron chi connectivity index (χ0n) is 21.9. The molecule has 0 N–H and O–H groups in total. The lowest BCUT2D eigenvalue weighted by Gasteiger charge is -2.19. The van der Waals surface area contributed by atoms with Gasteiger partial charge >= 0.3 is 0 Å². The molecule has 0 saturated heterocycles. The summed E-state index contributed by atoms with van der Waals surface area (Å²) in [6.07, 6.45) is 0. The summed E-state index contributed by atoms with van der Waals surface area (Å²) in [5.41, 5.74) is 2.40. The molecule has 0 aliphatic carbocycles. The van der Waals surface area contributed by atoms with E-state index < -0.39 is 0 Å². The van der Waals surface area contributed by atoms with Gasteiger partial charge in [-0.05, 0) is 47.2 Å². The van der Waals surface area contributed by atoms with Crippen LogP contribution in [0.2, 0.25) is 0 Å². The van der Waals surface area contributed by atoms with Gasteiger partial charge in [0.1, 0.15) is 0 Å². The summed E-state index contributed by atoms with van der Waals surface area (Å²) < 4.78 is 10.1. The third-order valence-electron chi connectivity index (χ3n) is 7.27. The van der Waals surface area contributed by atoms with Gasteiger partial charge in [0.15, 0.2) is 0 Å². The predicted octanol–water partition coefficient (Wildman–Crippen LogP) is 10.0. The molecule has 7 rings (SSSR count). The Morgan fingerprint density at radius 3 is 1.23 bits per heavy atom. The second kappa shape index (κ2) is 9.24. The molecule has 0 aliphatic heterocycles. The predicted molar refractivity (Wildman–Crippen MR) is 174 cm³/mol. The second-order valence-corrected chi connectivity index (χ2v) is 14.6. The van der Waals surface area contributed by atoms with Crippen LogP contribution >= 0.6 is 45.3 Å². The van der Waals surface area contributed by atoms with Crippen LogP contribution in [0.3, 0.4) is 0 Å². The molecule has 0 bridgehead atoms. The number of hydrogen-bond acceptors (Lipinski definition) is 6. The number of aromatic nitrogens is 1. The van der Waals surface area contributed by atoms with Crippen molar-refractivity contribution in [2.75, 3.05) is 0 Å². The zero-order chi connectivity index (χ0) is 27.0. The fourth-order valence-electron chi connectivity index (χ4n) is 5.41. The van der Waals surface area contributed by atoms with E-state index in [9.17, 15) is 9.59 Å². The van der Waals surface area contributed by atoms with Crippen molar-refractivity contribution in [3.63, 3.8) is 0 Å². The Bertz CT molecular complexity index is 2090. The molecular formula is C32H25NO2S4. The van der Waals surface area contributed by atoms with Crippen molar-refractivity contribution in [2.24, 2.45) is 0 Å². The van der Waals surface area contributed by atoms with Crippen LogP contribution in [0.25, 0.3) is 54.1 Å². The molecular weight excluding hydrogens is 559 g/mol. The lowest BCUT2D eigenvalue weighted by molar-refractivity contribution is 0.796. The molecule has 0 saturated carbocycles. The molecule has 0 amide bonds. The van der Waals surface area contributed by atoms with Crippen LogP contribution in [-0.2, 0) is 0 Å². The second-order valence-electron chi connectivity index (χ2n) is 10.4. The largest absolute Gasteiger partial charge is 0.268 e. The van der Waals surface area contributed by atoms with E-state index in [0.717, 1.165) is 45.0 Å². The molecule has 194 valence electrons. The summed E-state index contributed by atoms with van der Waals surface area (Å²) in [6, 6.07) is 22.8. The van der Waals surface area contributed by atoms with E-state index in [0.29, 0.717) is 10.8 Å². The van der Waals surface area contributed by atoms with E-state index in [2.05, 4.69) is 76.2 Å². The van der Waals surface area contributed by atoms with Crippen molar-refractivity contribution in [2.45, 2.75) is 39.5 Å². The molecule has 3 aromatic heterocycles. The molecule has 3 nitrogen and oxygen atoms in total.